The van der Waals surface area contributed by atoms with Gasteiger partial charge >= 0.3 is 50.5 Å². The van der Waals surface area contributed by atoms with Gasteiger partial charge in [0.05, 0.1) is 0 Å². The van der Waals surface area contributed by atoms with Crippen LogP contribution >= 0.6 is 37.2 Å². The summed E-state index contributed by atoms with van der Waals surface area (Å²) in [5, 5.41) is 0. The molecule has 0 saturated carbocycles. The van der Waals surface area contributed by atoms with Gasteiger partial charge < -0.3 is 0 Å². The van der Waals surface area contributed by atoms with Crippen molar-refractivity contribution in [1.82, 2.24) is 0 Å². The fraction of sp³-hybridized carbons (Fsp3) is 0. The summed E-state index contributed by atoms with van der Waals surface area (Å²) in [6.07, 6.45) is 0. The molecule has 0 fully saturated rings. The second kappa shape index (κ2) is 9.33. The Hall–Kier alpha value is 2.93. The van der Waals surface area contributed by atoms with Crippen LogP contribution in [0.2, 0.25) is 0 Å². The molecule has 0 saturated heterocycles. The topological polar surface area (TPSA) is 0 Å². The molecule has 0 heterocycles. The minimum Gasteiger partial charge on any atom is 0 e. The maximum Gasteiger partial charge on any atom is 0 e. The van der Waals surface area contributed by atoms with Crippen LogP contribution < -0.4 is 13.3 Å². The predicted molar refractivity (Wildman–Crippen MR) is 28.0 cm³/mol. The van der Waals surface area contributed by atoms with Crippen molar-refractivity contribution in [2.24, 2.45) is 0 Å². The quantitative estimate of drug-likeness (QED) is 0.250. The third-order valence-electron chi connectivity index (χ3n) is 0. The Morgan fingerprint density at radius 3 is 1.25 bits per heavy atom. The van der Waals surface area contributed by atoms with Gasteiger partial charge in [-0.15, -0.1) is 0 Å². The fourth-order valence-corrected chi connectivity index (χ4v) is 0. The number of rotatable bonds is 0. The average molecular weight is 578 g/mol. The summed E-state index contributed by atoms with van der Waals surface area (Å²) in [6.45, 7) is 0. The van der Waals surface area contributed by atoms with Gasteiger partial charge in [0.15, 0.2) is 0 Å². The van der Waals surface area contributed by atoms with Crippen LogP contribution in [-0.2, 0) is 22.4 Å². The molecule has 1 radical (unpaired) electrons. The molecule has 0 aromatic rings. The molecule has 0 N–H and O–H groups in total. The van der Waals surface area contributed by atoms with E-state index in [9.17, 15) is 0 Å². The van der Waals surface area contributed by atoms with E-state index in [4.69, 9.17) is 0 Å². The predicted octanol–water partition coefficient (Wildman–Crippen LogP) is -1.23. The van der Waals surface area contributed by atoms with E-state index in [1.54, 1.807) is 0 Å². The largest absolute Gasteiger partial charge is 0 e. The Bertz CT molecular complexity index is 3.25. The maximum absolute atomic E-state index is 2.39. The third kappa shape index (κ3) is 8.87. The first kappa shape index (κ1) is 10.0. The molecule has 4 heteroatoms. The van der Waals surface area contributed by atoms with E-state index in [1.165, 1.54) is 0 Å². The minimum atomic E-state index is 0. The van der Waals surface area contributed by atoms with Crippen LogP contribution in [0.1, 0.15) is 0 Å². The summed E-state index contributed by atoms with van der Waals surface area (Å²) in [5.41, 5.74) is 0. The molecule has 33 valence electrons. The van der Waals surface area contributed by atoms with Gasteiger partial charge in [-0.05, 0) is 0 Å². The van der Waals surface area contributed by atoms with Crippen LogP contribution in [-0.4, -0.2) is 0 Å². The molecule has 4 heavy (non-hydrogen) atoms. The molecule has 0 bridgehead atoms. The summed E-state index contributed by atoms with van der Waals surface area (Å²) in [7, 11) is 0. The molecule has 0 unspecified atom stereocenters. The van der Waals surface area contributed by atoms with Crippen LogP contribution in [0.4, 0.5) is 0 Å². The van der Waals surface area contributed by atoms with Gasteiger partial charge in [-0.25, -0.2) is 0 Å². The second-order valence-corrected chi connectivity index (χ2v) is 16.3. The van der Waals surface area contributed by atoms with E-state index in [0.717, 1.165) is 0 Å². The molecular formula is AuI3-. The van der Waals surface area contributed by atoms with Crippen LogP contribution in [0.15, 0.2) is 0 Å². The van der Waals surface area contributed by atoms with Crippen LogP contribution in [0.3, 0.4) is 0 Å². The summed E-state index contributed by atoms with van der Waals surface area (Å²) in [4.78, 5) is 0. The number of halogens is 3. The molecule has 0 spiro atoms. The zero-order chi connectivity index (χ0) is 2.71. The van der Waals surface area contributed by atoms with Crippen molar-refractivity contribution >= 4 is 37.2 Å². The maximum atomic E-state index is 2.39. The van der Waals surface area contributed by atoms with Crippen molar-refractivity contribution in [2.75, 3.05) is 0 Å². The smallest absolute Gasteiger partial charge is 0 e. The second-order valence-electron chi connectivity index (χ2n) is 0.0540. The minimum absolute atomic E-state index is 0. The Morgan fingerprint density at radius 2 is 1.25 bits per heavy atom. The first-order chi connectivity index (χ1) is 1.41. The van der Waals surface area contributed by atoms with Gasteiger partial charge in [0.1, 0.15) is 0 Å². The van der Waals surface area contributed by atoms with Crippen molar-refractivity contribution in [3.63, 3.8) is 0 Å². The number of hydrogen-bond donors (Lipinski definition) is 0. The van der Waals surface area contributed by atoms with Crippen molar-refractivity contribution < 1.29 is 35.6 Å². The zero-order valence-electron chi connectivity index (χ0n) is 1.44. The van der Waals surface area contributed by atoms with Gasteiger partial charge in [0, 0.05) is 22.4 Å². The molecule has 0 amide bonds. The van der Waals surface area contributed by atoms with Crippen molar-refractivity contribution in [2.45, 2.75) is 0 Å². The van der Waals surface area contributed by atoms with E-state index < -0.39 is 0 Å². The van der Waals surface area contributed by atoms with Crippen LogP contribution in [0.5, 0.6) is 0 Å². The SMILES string of the molecule is I[I-]I.[Au]. The normalized spacial score (nSPS) is 5.50. The molecule has 0 atom stereocenters. The van der Waals surface area contributed by atoms with E-state index >= 15 is 0 Å². The first-order valence-corrected chi connectivity index (χ1v) is 12.9. The monoisotopic (exact) mass is 578 g/mol. The Kier molecular flexibility index (Phi) is 23.4. The third-order valence-corrected chi connectivity index (χ3v) is 0. The van der Waals surface area contributed by atoms with E-state index in [0.29, 0.717) is 13.3 Å². The summed E-state index contributed by atoms with van der Waals surface area (Å²) in [6, 6.07) is 0. The molecule has 0 aliphatic carbocycles. The Morgan fingerprint density at radius 1 is 1.25 bits per heavy atom. The zero-order valence-corrected chi connectivity index (χ0v) is 10.1. The Labute approximate surface area is 71.0 Å². The van der Waals surface area contributed by atoms with E-state index in [1.807, 2.05) is 0 Å². The first-order valence-electron chi connectivity index (χ1n) is 0.286. The Balaban J connectivity index is 0. The van der Waals surface area contributed by atoms with Crippen LogP contribution in [0.25, 0.3) is 0 Å². The standard InChI is InChI=1S/Au.I3/c;1-3-2/q;-1. The molecular weight excluding hydrogens is 578 g/mol. The van der Waals surface area contributed by atoms with Gasteiger partial charge in [-0.2, -0.15) is 0 Å². The molecule has 0 aromatic carbocycles. The van der Waals surface area contributed by atoms with Crippen molar-refractivity contribution in [3.8, 4) is 0 Å². The summed E-state index contributed by atoms with van der Waals surface area (Å²) in [5.74, 6) is 0. The fourth-order valence-electron chi connectivity index (χ4n) is 0. The molecule has 0 nitrogen and oxygen atoms in total. The van der Waals surface area contributed by atoms with Gasteiger partial charge in [0.2, 0.25) is 0 Å². The molecule has 0 aliphatic heterocycles. The van der Waals surface area contributed by atoms with Gasteiger partial charge in [-0.3, -0.25) is 0 Å². The average Bonchev–Trinajstić information content (AvgIpc) is 0.918. The van der Waals surface area contributed by atoms with Gasteiger partial charge in [0.25, 0.3) is 0 Å². The van der Waals surface area contributed by atoms with E-state index in [-0.39, 0.29) is 22.4 Å². The van der Waals surface area contributed by atoms with Gasteiger partial charge in [-0.1, -0.05) is 0 Å². The number of hydrogen-bond acceptors (Lipinski definition) is 0. The van der Waals surface area contributed by atoms with Crippen LogP contribution in [0, 0.1) is 0 Å². The van der Waals surface area contributed by atoms with E-state index in [2.05, 4.69) is 37.2 Å². The molecule has 0 aliphatic rings. The molecule has 0 aromatic heterocycles. The summed E-state index contributed by atoms with van der Waals surface area (Å²) < 4.78 is 0. The van der Waals surface area contributed by atoms with Crippen molar-refractivity contribution in [1.29, 1.82) is 0 Å². The summed E-state index contributed by atoms with van der Waals surface area (Å²) >= 11 is 5.30. The molecule has 0 rings (SSSR count). The van der Waals surface area contributed by atoms with Crippen molar-refractivity contribution in [3.05, 3.63) is 0 Å².